The van der Waals surface area contributed by atoms with Crippen molar-refractivity contribution in [3.8, 4) is 0 Å². The molecule has 0 heterocycles. The highest BCUT2D eigenvalue weighted by atomic mass is 19.1. The van der Waals surface area contributed by atoms with Gasteiger partial charge in [0, 0.05) is 17.6 Å². The highest BCUT2D eigenvalue weighted by Crippen LogP contribution is 2.58. The van der Waals surface area contributed by atoms with Crippen LogP contribution in [0.3, 0.4) is 0 Å². The fourth-order valence-corrected chi connectivity index (χ4v) is 5.50. The van der Waals surface area contributed by atoms with Crippen LogP contribution in [0.5, 0.6) is 0 Å². The number of rotatable bonds is 3. The summed E-state index contributed by atoms with van der Waals surface area (Å²) < 4.78 is 13.9. The Morgan fingerprint density at radius 3 is 2.75 bits per heavy atom. The molecule has 1 aromatic rings. The maximum Gasteiger partial charge on any atom is 0.127 e. The van der Waals surface area contributed by atoms with Crippen molar-refractivity contribution in [2.45, 2.75) is 51.1 Å². The lowest BCUT2D eigenvalue weighted by Gasteiger charge is -2.34. The van der Waals surface area contributed by atoms with E-state index < -0.39 is 0 Å². The van der Waals surface area contributed by atoms with Crippen LogP contribution in [-0.2, 0) is 0 Å². The van der Waals surface area contributed by atoms with E-state index in [1.165, 1.54) is 32.1 Å². The summed E-state index contributed by atoms with van der Waals surface area (Å²) in [7, 11) is 0. The van der Waals surface area contributed by atoms with Crippen molar-refractivity contribution in [2.75, 3.05) is 0 Å². The van der Waals surface area contributed by atoms with Gasteiger partial charge in [-0.15, -0.1) is 0 Å². The first kappa shape index (κ1) is 12.8. The van der Waals surface area contributed by atoms with Crippen molar-refractivity contribution >= 4 is 0 Å². The number of hydrogen-bond donors (Lipinski definition) is 1. The lowest BCUT2D eigenvalue weighted by molar-refractivity contribution is 0.199. The third-order valence-corrected chi connectivity index (χ3v) is 6.26. The van der Waals surface area contributed by atoms with Crippen LogP contribution >= 0.6 is 0 Å². The lowest BCUT2D eigenvalue weighted by Crippen LogP contribution is -2.40. The topological polar surface area (TPSA) is 12.0 Å². The zero-order valence-electron chi connectivity index (χ0n) is 12.2. The largest absolute Gasteiger partial charge is 0.307 e. The van der Waals surface area contributed by atoms with E-state index in [4.69, 9.17) is 0 Å². The van der Waals surface area contributed by atoms with Gasteiger partial charge in [-0.2, -0.15) is 0 Å². The van der Waals surface area contributed by atoms with Crippen molar-refractivity contribution in [2.24, 2.45) is 23.7 Å². The standard InChI is InChI=1S/C18H24FN/c1-11(13-5-2-3-8-17(13)19)20-18-10-12-9-16(18)15-7-4-6-14(12)15/h2-3,5,8,11-12,14-16,18,20H,4,6-7,9-10H2,1H3. The lowest BCUT2D eigenvalue weighted by atomic mass is 9.79. The van der Waals surface area contributed by atoms with Crippen LogP contribution in [0.4, 0.5) is 4.39 Å². The summed E-state index contributed by atoms with van der Waals surface area (Å²) in [6, 6.07) is 7.94. The normalized spacial score (nSPS) is 40.0. The molecule has 4 rings (SSSR count). The summed E-state index contributed by atoms with van der Waals surface area (Å²) in [6.45, 7) is 2.11. The molecule has 3 aliphatic rings. The van der Waals surface area contributed by atoms with Crippen LogP contribution in [0, 0.1) is 29.5 Å². The molecule has 108 valence electrons. The van der Waals surface area contributed by atoms with Gasteiger partial charge in [0.2, 0.25) is 0 Å². The molecule has 6 atom stereocenters. The van der Waals surface area contributed by atoms with Crippen molar-refractivity contribution in [3.05, 3.63) is 35.6 Å². The summed E-state index contributed by atoms with van der Waals surface area (Å²) in [5, 5.41) is 3.74. The minimum Gasteiger partial charge on any atom is -0.307 e. The molecule has 1 N–H and O–H groups in total. The van der Waals surface area contributed by atoms with Crippen LogP contribution in [0.15, 0.2) is 24.3 Å². The molecule has 0 aliphatic heterocycles. The highest BCUT2D eigenvalue weighted by Gasteiger charge is 2.53. The first-order valence-electron chi connectivity index (χ1n) is 8.24. The SMILES string of the molecule is CC(NC1CC2CC1C1CCCC21)c1ccccc1F. The molecule has 0 amide bonds. The first-order valence-corrected chi connectivity index (χ1v) is 8.24. The van der Waals surface area contributed by atoms with Crippen LogP contribution in [-0.4, -0.2) is 6.04 Å². The van der Waals surface area contributed by atoms with E-state index in [9.17, 15) is 4.39 Å². The van der Waals surface area contributed by atoms with E-state index in [1.54, 1.807) is 12.1 Å². The van der Waals surface area contributed by atoms with E-state index in [1.807, 2.05) is 12.1 Å². The molecule has 3 saturated carbocycles. The predicted octanol–water partition coefficient (Wildman–Crippen LogP) is 4.30. The van der Waals surface area contributed by atoms with Gasteiger partial charge in [0.15, 0.2) is 0 Å². The molecule has 6 unspecified atom stereocenters. The Hall–Kier alpha value is -0.890. The van der Waals surface area contributed by atoms with E-state index in [-0.39, 0.29) is 11.9 Å². The first-order chi connectivity index (χ1) is 9.74. The van der Waals surface area contributed by atoms with Gasteiger partial charge in [0.05, 0.1) is 0 Å². The van der Waals surface area contributed by atoms with Gasteiger partial charge in [-0.05, 0) is 62.3 Å². The van der Waals surface area contributed by atoms with E-state index in [0.29, 0.717) is 6.04 Å². The van der Waals surface area contributed by atoms with Crippen molar-refractivity contribution in [3.63, 3.8) is 0 Å². The summed E-state index contributed by atoms with van der Waals surface area (Å²) in [5.74, 6) is 3.75. The molecule has 0 aromatic heterocycles. The second-order valence-corrected chi connectivity index (χ2v) is 7.17. The van der Waals surface area contributed by atoms with Crippen molar-refractivity contribution in [1.82, 2.24) is 5.32 Å². The Labute approximate surface area is 121 Å². The van der Waals surface area contributed by atoms with Crippen LogP contribution in [0.1, 0.15) is 50.6 Å². The summed E-state index contributed by atoms with van der Waals surface area (Å²) in [5.41, 5.74) is 0.818. The molecule has 3 fully saturated rings. The zero-order valence-corrected chi connectivity index (χ0v) is 12.2. The van der Waals surface area contributed by atoms with Crippen molar-refractivity contribution < 1.29 is 4.39 Å². The Morgan fingerprint density at radius 1 is 1.10 bits per heavy atom. The number of halogens is 1. The maximum atomic E-state index is 13.9. The minimum absolute atomic E-state index is 0.0746. The Balaban J connectivity index is 1.47. The average molecular weight is 273 g/mol. The van der Waals surface area contributed by atoms with Gasteiger partial charge in [-0.25, -0.2) is 4.39 Å². The van der Waals surface area contributed by atoms with Gasteiger partial charge in [-0.1, -0.05) is 24.6 Å². The molecular formula is C18H24FN. The number of hydrogen-bond acceptors (Lipinski definition) is 1. The summed E-state index contributed by atoms with van der Waals surface area (Å²) in [6.07, 6.45) is 7.11. The Bertz CT molecular complexity index is 500. The summed E-state index contributed by atoms with van der Waals surface area (Å²) >= 11 is 0. The Morgan fingerprint density at radius 2 is 1.90 bits per heavy atom. The molecule has 0 saturated heterocycles. The molecule has 1 aromatic carbocycles. The molecule has 20 heavy (non-hydrogen) atoms. The number of fused-ring (bicyclic) bond motifs is 5. The fourth-order valence-electron chi connectivity index (χ4n) is 5.50. The molecule has 2 bridgehead atoms. The second-order valence-electron chi connectivity index (χ2n) is 7.17. The molecule has 0 spiro atoms. The highest BCUT2D eigenvalue weighted by molar-refractivity contribution is 5.21. The quantitative estimate of drug-likeness (QED) is 0.865. The fraction of sp³-hybridized carbons (Fsp3) is 0.667. The maximum absolute atomic E-state index is 13.9. The zero-order chi connectivity index (χ0) is 13.7. The van der Waals surface area contributed by atoms with Gasteiger partial charge >= 0.3 is 0 Å². The third-order valence-electron chi connectivity index (χ3n) is 6.26. The second kappa shape index (κ2) is 4.84. The van der Waals surface area contributed by atoms with Crippen LogP contribution in [0.25, 0.3) is 0 Å². The minimum atomic E-state index is -0.0746. The third kappa shape index (κ3) is 1.92. The van der Waals surface area contributed by atoms with E-state index >= 15 is 0 Å². The monoisotopic (exact) mass is 273 g/mol. The molecule has 0 radical (unpaired) electrons. The van der Waals surface area contributed by atoms with Gasteiger partial charge in [-0.3, -0.25) is 0 Å². The Kier molecular flexibility index (Phi) is 3.10. The molecule has 2 heteroatoms. The van der Waals surface area contributed by atoms with E-state index in [2.05, 4.69) is 12.2 Å². The number of benzene rings is 1. The van der Waals surface area contributed by atoms with Gasteiger partial charge in [0.25, 0.3) is 0 Å². The van der Waals surface area contributed by atoms with Crippen molar-refractivity contribution in [1.29, 1.82) is 0 Å². The predicted molar refractivity (Wildman–Crippen MR) is 78.8 cm³/mol. The van der Waals surface area contributed by atoms with Crippen LogP contribution < -0.4 is 5.32 Å². The molecule has 3 aliphatic carbocycles. The smallest absolute Gasteiger partial charge is 0.127 e. The molecule has 1 nitrogen and oxygen atoms in total. The summed E-state index contributed by atoms with van der Waals surface area (Å²) in [4.78, 5) is 0. The molecular weight excluding hydrogens is 249 g/mol. The van der Waals surface area contributed by atoms with E-state index in [0.717, 1.165) is 29.2 Å². The number of nitrogens with one attached hydrogen (secondary N) is 1. The van der Waals surface area contributed by atoms with Gasteiger partial charge < -0.3 is 5.32 Å². The van der Waals surface area contributed by atoms with Crippen LogP contribution in [0.2, 0.25) is 0 Å². The average Bonchev–Trinajstić information content (AvgIpc) is 3.10. The van der Waals surface area contributed by atoms with Gasteiger partial charge in [0.1, 0.15) is 5.82 Å².